The summed E-state index contributed by atoms with van der Waals surface area (Å²) in [5.41, 5.74) is 0.920. The lowest BCUT2D eigenvalue weighted by atomic mass is 10.1. The first kappa shape index (κ1) is 14.2. The van der Waals surface area contributed by atoms with E-state index in [9.17, 15) is 8.42 Å². The normalized spacial score (nSPS) is 18.4. The van der Waals surface area contributed by atoms with Crippen molar-refractivity contribution in [1.29, 1.82) is 0 Å². The molecule has 0 bridgehead atoms. The average Bonchev–Trinajstić information content (AvgIpc) is 2.39. The minimum Gasteiger partial charge on any atom is -0.367 e. The van der Waals surface area contributed by atoms with E-state index in [1.165, 1.54) is 6.33 Å². The Hall–Kier alpha value is -1.21. The molecule has 0 aliphatic carbocycles. The SMILES string of the molecule is CCS(=O)(=O)N1CCC(Nc2cc(C)ncn2)CC1. The third kappa shape index (κ3) is 3.63. The Balaban J connectivity index is 1.91. The highest BCUT2D eigenvalue weighted by molar-refractivity contribution is 7.89. The number of rotatable bonds is 4. The van der Waals surface area contributed by atoms with Crippen LogP contribution in [0.15, 0.2) is 12.4 Å². The van der Waals surface area contributed by atoms with Gasteiger partial charge in [0.1, 0.15) is 12.1 Å². The van der Waals surface area contributed by atoms with E-state index in [2.05, 4.69) is 15.3 Å². The zero-order valence-electron chi connectivity index (χ0n) is 11.3. The lowest BCUT2D eigenvalue weighted by molar-refractivity contribution is 0.330. The molecule has 2 rings (SSSR count). The topological polar surface area (TPSA) is 75.2 Å². The van der Waals surface area contributed by atoms with Gasteiger partial charge in [0.05, 0.1) is 5.75 Å². The van der Waals surface area contributed by atoms with Gasteiger partial charge in [-0.25, -0.2) is 22.7 Å². The minimum absolute atomic E-state index is 0.177. The number of nitrogens with one attached hydrogen (secondary N) is 1. The molecule has 0 atom stereocenters. The van der Waals surface area contributed by atoms with Crippen molar-refractivity contribution in [2.24, 2.45) is 0 Å². The maximum Gasteiger partial charge on any atom is 0.213 e. The second-order valence-electron chi connectivity index (χ2n) is 4.76. The van der Waals surface area contributed by atoms with Gasteiger partial charge >= 0.3 is 0 Å². The molecule has 6 nitrogen and oxygen atoms in total. The van der Waals surface area contributed by atoms with E-state index in [0.29, 0.717) is 13.1 Å². The maximum atomic E-state index is 11.7. The number of nitrogens with zero attached hydrogens (tertiary/aromatic N) is 3. The fraction of sp³-hybridized carbons (Fsp3) is 0.667. The predicted molar refractivity (Wildman–Crippen MR) is 74.4 cm³/mol. The van der Waals surface area contributed by atoms with Crippen LogP contribution in [-0.2, 0) is 10.0 Å². The van der Waals surface area contributed by atoms with Crippen LogP contribution in [0, 0.1) is 6.92 Å². The minimum atomic E-state index is -3.04. The molecule has 0 radical (unpaired) electrons. The zero-order chi connectivity index (χ0) is 13.9. The number of sulfonamides is 1. The molecule has 1 saturated heterocycles. The number of hydrogen-bond acceptors (Lipinski definition) is 5. The van der Waals surface area contributed by atoms with E-state index in [1.807, 2.05) is 13.0 Å². The summed E-state index contributed by atoms with van der Waals surface area (Å²) in [7, 11) is -3.04. The largest absolute Gasteiger partial charge is 0.367 e. The summed E-state index contributed by atoms with van der Waals surface area (Å²) in [4.78, 5) is 8.21. The van der Waals surface area contributed by atoms with Crippen LogP contribution in [0.5, 0.6) is 0 Å². The Morgan fingerprint density at radius 1 is 1.37 bits per heavy atom. The van der Waals surface area contributed by atoms with Crippen molar-refractivity contribution >= 4 is 15.8 Å². The Labute approximate surface area is 114 Å². The van der Waals surface area contributed by atoms with E-state index in [-0.39, 0.29) is 11.8 Å². The molecule has 1 aromatic rings. The van der Waals surface area contributed by atoms with E-state index in [1.54, 1.807) is 11.2 Å². The lowest BCUT2D eigenvalue weighted by Crippen LogP contribution is -2.43. The molecule has 2 heterocycles. The van der Waals surface area contributed by atoms with Crippen molar-refractivity contribution in [1.82, 2.24) is 14.3 Å². The Morgan fingerprint density at radius 2 is 2.05 bits per heavy atom. The highest BCUT2D eigenvalue weighted by Crippen LogP contribution is 2.17. The van der Waals surface area contributed by atoms with E-state index < -0.39 is 10.0 Å². The van der Waals surface area contributed by atoms with Crippen molar-refractivity contribution in [3.8, 4) is 0 Å². The molecule has 1 aliphatic rings. The van der Waals surface area contributed by atoms with Crippen LogP contribution in [0.25, 0.3) is 0 Å². The Bertz CT molecular complexity index is 524. The van der Waals surface area contributed by atoms with E-state index in [0.717, 1.165) is 24.4 Å². The summed E-state index contributed by atoms with van der Waals surface area (Å²) >= 11 is 0. The van der Waals surface area contributed by atoms with Crippen molar-refractivity contribution in [3.63, 3.8) is 0 Å². The molecule has 0 amide bonds. The number of aryl methyl sites for hydroxylation is 1. The van der Waals surface area contributed by atoms with Crippen LogP contribution >= 0.6 is 0 Å². The molecule has 1 aliphatic heterocycles. The molecule has 7 heteroatoms. The predicted octanol–water partition coefficient (Wildman–Crippen LogP) is 1.01. The lowest BCUT2D eigenvalue weighted by Gasteiger charge is -2.31. The summed E-state index contributed by atoms with van der Waals surface area (Å²) in [6.07, 6.45) is 3.15. The first-order valence-corrected chi connectivity index (χ1v) is 8.15. The van der Waals surface area contributed by atoms with Gasteiger partial charge in [0.15, 0.2) is 0 Å². The molecule has 0 saturated carbocycles. The van der Waals surface area contributed by atoms with Gasteiger partial charge in [0.2, 0.25) is 10.0 Å². The molecule has 106 valence electrons. The summed E-state index contributed by atoms with van der Waals surface area (Å²) in [5.74, 6) is 0.986. The monoisotopic (exact) mass is 284 g/mol. The van der Waals surface area contributed by atoms with Gasteiger partial charge in [-0.05, 0) is 26.7 Å². The Kier molecular flexibility index (Phi) is 4.36. The number of hydrogen-bond donors (Lipinski definition) is 1. The number of aromatic nitrogens is 2. The molecule has 0 unspecified atom stereocenters. The van der Waals surface area contributed by atoms with Crippen LogP contribution in [-0.4, -0.2) is 47.6 Å². The highest BCUT2D eigenvalue weighted by atomic mass is 32.2. The Morgan fingerprint density at radius 3 is 2.63 bits per heavy atom. The molecule has 0 spiro atoms. The first-order chi connectivity index (χ1) is 9.01. The third-order valence-electron chi connectivity index (χ3n) is 3.37. The molecule has 19 heavy (non-hydrogen) atoms. The fourth-order valence-corrected chi connectivity index (χ4v) is 3.34. The van der Waals surface area contributed by atoms with Crippen LogP contribution < -0.4 is 5.32 Å². The first-order valence-electron chi connectivity index (χ1n) is 6.54. The maximum absolute atomic E-state index is 11.7. The van der Waals surface area contributed by atoms with E-state index in [4.69, 9.17) is 0 Å². The molecule has 0 aromatic carbocycles. The van der Waals surface area contributed by atoms with Crippen molar-refractivity contribution in [2.75, 3.05) is 24.2 Å². The van der Waals surface area contributed by atoms with Gasteiger partial charge in [-0.3, -0.25) is 0 Å². The summed E-state index contributed by atoms with van der Waals surface area (Å²) in [5, 5.41) is 3.34. The van der Waals surface area contributed by atoms with Crippen molar-refractivity contribution in [2.45, 2.75) is 32.7 Å². The van der Waals surface area contributed by atoms with Crippen LogP contribution in [0.2, 0.25) is 0 Å². The second kappa shape index (κ2) is 5.83. The second-order valence-corrected chi connectivity index (χ2v) is 7.02. The highest BCUT2D eigenvalue weighted by Gasteiger charge is 2.26. The van der Waals surface area contributed by atoms with Gasteiger partial charge in [0, 0.05) is 30.9 Å². The molecular formula is C12H20N4O2S. The van der Waals surface area contributed by atoms with Crippen LogP contribution in [0.3, 0.4) is 0 Å². The molecule has 1 fully saturated rings. The molecule has 1 aromatic heterocycles. The summed E-state index contributed by atoms with van der Waals surface area (Å²) < 4.78 is 25.1. The smallest absolute Gasteiger partial charge is 0.213 e. The average molecular weight is 284 g/mol. The van der Waals surface area contributed by atoms with Gasteiger partial charge in [0.25, 0.3) is 0 Å². The molecule has 1 N–H and O–H groups in total. The standard InChI is InChI=1S/C12H20N4O2S/c1-3-19(17,18)16-6-4-11(5-7-16)15-12-8-10(2)13-9-14-12/h8-9,11H,3-7H2,1-2H3,(H,13,14,15). The van der Waals surface area contributed by atoms with Crippen molar-refractivity contribution < 1.29 is 8.42 Å². The summed E-state index contributed by atoms with van der Waals surface area (Å²) in [6.45, 7) is 4.77. The van der Waals surface area contributed by atoms with Crippen LogP contribution in [0.1, 0.15) is 25.5 Å². The van der Waals surface area contributed by atoms with Crippen LogP contribution in [0.4, 0.5) is 5.82 Å². The summed E-state index contributed by atoms with van der Waals surface area (Å²) in [6, 6.07) is 2.17. The zero-order valence-corrected chi connectivity index (χ0v) is 12.2. The van der Waals surface area contributed by atoms with Crippen molar-refractivity contribution in [3.05, 3.63) is 18.1 Å². The third-order valence-corrected chi connectivity index (χ3v) is 5.25. The van der Waals surface area contributed by atoms with Gasteiger partial charge in [-0.1, -0.05) is 0 Å². The van der Waals surface area contributed by atoms with E-state index >= 15 is 0 Å². The fourth-order valence-electron chi connectivity index (χ4n) is 2.20. The molecular weight excluding hydrogens is 264 g/mol. The van der Waals surface area contributed by atoms with Gasteiger partial charge in [-0.15, -0.1) is 0 Å². The van der Waals surface area contributed by atoms with Gasteiger partial charge < -0.3 is 5.32 Å². The van der Waals surface area contributed by atoms with Gasteiger partial charge in [-0.2, -0.15) is 0 Å². The number of piperidine rings is 1. The number of anilines is 1. The quantitative estimate of drug-likeness (QED) is 0.893.